The third kappa shape index (κ3) is 1.92. The first-order valence-corrected chi connectivity index (χ1v) is 4.01. The molecule has 1 unspecified atom stereocenters. The van der Waals surface area contributed by atoms with Crippen molar-refractivity contribution in [3.8, 4) is 6.07 Å². The van der Waals surface area contributed by atoms with Gasteiger partial charge in [0.2, 0.25) is 0 Å². The van der Waals surface area contributed by atoms with E-state index in [-0.39, 0.29) is 5.92 Å². The fourth-order valence-electron chi connectivity index (χ4n) is 1.48. The van der Waals surface area contributed by atoms with Gasteiger partial charge in [-0.1, -0.05) is 0 Å². The summed E-state index contributed by atoms with van der Waals surface area (Å²) >= 11 is 0. The van der Waals surface area contributed by atoms with Gasteiger partial charge < -0.3 is 10.4 Å². The molecule has 1 saturated heterocycles. The van der Waals surface area contributed by atoms with E-state index < -0.39 is 5.60 Å². The molecule has 0 saturated carbocycles. The van der Waals surface area contributed by atoms with Crippen LogP contribution in [0, 0.1) is 17.2 Å². The van der Waals surface area contributed by atoms with E-state index in [9.17, 15) is 5.11 Å². The van der Waals surface area contributed by atoms with Gasteiger partial charge in [0.15, 0.2) is 5.60 Å². The van der Waals surface area contributed by atoms with Gasteiger partial charge in [0.05, 0.1) is 6.07 Å². The first kappa shape index (κ1) is 8.51. The Kier molecular flexibility index (Phi) is 2.48. The van der Waals surface area contributed by atoms with E-state index in [2.05, 4.69) is 5.32 Å². The number of hydrogen-bond acceptors (Lipinski definition) is 3. The van der Waals surface area contributed by atoms with Crippen LogP contribution in [0.3, 0.4) is 0 Å². The molecule has 0 amide bonds. The smallest absolute Gasteiger partial charge is 0.151 e. The van der Waals surface area contributed by atoms with E-state index in [1.54, 1.807) is 6.92 Å². The second kappa shape index (κ2) is 3.21. The predicted octanol–water partition coefficient (Wildman–Crippen LogP) is 0.261. The number of nitriles is 1. The van der Waals surface area contributed by atoms with Crippen LogP contribution in [-0.2, 0) is 0 Å². The van der Waals surface area contributed by atoms with E-state index in [1.807, 2.05) is 6.07 Å². The Labute approximate surface area is 67.0 Å². The van der Waals surface area contributed by atoms with Gasteiger partial charge in [-0.2, -0.15) is 5.26 Å². The number of nitrogens with zero attached hydrogens (tertiary/aromatic N) is 1. The fraction of sp³-hybridized carbons (Fsp3) is 0.875. The zero-order chi connectivity index (χ0) is 8.32. The summed E-state index contributed by atoms with van der Waals surface area (Å²) < 4.78 is 0. The number of hydrogen-bond donors (Lipinski definition) is 2. The van der Waals surface area contributed by atoms with Crippen molar-refractivity contribution in [2.45, 2.75) is 25.4 Å². The van der Waals surface area contributed by atoms with Gasteiger partial charge in [0.25, 0.3) is 0 Å². The lowest BCUT2D eigenvalue weighted by Crippen LogP contribution is -2.40. The van der Waals surface area contributed by atoms with Crippen LogP contribution in [-0.4, -0.2) is 23.8 Å². The molecule has 0 bridgehead atoms. The van der Waals surface area contributed by atoms with Gasteiger partial charge in [0.1, 0.15) is 0 Å². The summed E-state index contributed by atoms with van der Waals surface area (Å²) in [5, 5.41) is 21.4. The summed E-state index contributed by atoms with van der Waals surface area (Å²) in [7, 11) is 0. The van der Waals surface area contributed by atoms with Crippen LogP contribution in [0.2, 0.25) is 0 Å². The summed E-state index contributed by atoms with van der Waals surface area (Å²) in [6, 6.07) is 1.94. The first-order valence-electron chi connectivity index (χ1n) is 4.01. The highest BCUT2D eigenvalue weighted by atomic mass is 16.3. The second-order valence-electron chi connectivity index (χ2n) is 3.28. The Morgan fingerprint density at radius 3 is 2.55 bits per heavy atom. The molecule has 0 aromatic heterocycles. The summed E-state index contributed by atoms with van der Waals surface area (Å²) in [5.41, 5.74) is -1.12. The highest BCUT2D eigenvalue weighted by Crippen LogP contribution is 2.24. The molecule has 1 aliphatic rings. The monoisotopic (exact) mass is 154 g/mol. The van der Waals surface area contributed by atoms with Crippen molar-refractivity contribution < 1.29 is 5.11 Å². The lowest BCUT2D eigenvalue weighted by atomic mass is 9.83. The van der Waals surface area contributed by atoms with Crippen molar-refractivity contribution in [3.63, 3.8) is 0 Å². The Hall–Kier alpha value is -0.590. The first-order chi connectivity index (χ1) is 5.17. The minimum absolute atomic E-state index is 0.147. The largest absolute Gasteiger partial charge is 0.375 e. The molecule has 1 rings (SSSR count). The molecule has 1 heterocycles. The highest BCUT2D eigenvalue weighted by molar-refractivity contribution is 5.02. The van der Waals surface area contributed by atoms with Crippen molar-refractivity contribution in [1.29, 1.82) is 5.26 Å². The summed E-state index contributed by atoms with van der Waals surface area (Å²) in [6.45, 7) is 3.44. The van der Waals surface area contributed by atoms with Crippen LogP contribution in [0.15, 0.2) is 0 Å². The molecular weight excluding hydrogens is 140 g/mol. The van der Waals surface area contributed by atoms with E-state index in [0.29, 0.717) is 0 Å². The lowest BCUT2D eigenvalue weighted by molar-refractivity contribution is 0.0383. The van der Waals surface area contributed by atoms with Gasteiger partial charge in [0, 0.05) is 5.92 Å². The topological polar surface area (TPSA) is 56.0 Å². The molecule has 1 aliphatic heterocycles. The molecule has 0 aliphatic carbocycles. The maximum Gasteiger partial charge on any atom is 0.151 e. The van der Waals surface area contributed by atoms with Gasteiger partial charge in [-0.15, -0.1) is 0 Å². The van der Waals surface area contributed by atoms with Crippen LogP contribution in [0.5, 0.6) is 0 Å². The lowest BCUT2D eigenvalue weighted by Gasteiger charge is -2.30. The minimum atomic E-state index is -1.12. The summed E-state index contributed by atoms with van der Waals surface area (Å²) in [6.07, 6.45) is 1.81. The molecule has 0 radical (unpaired) electrons. The van der Waals surface area contributed by atoms with Crippen LogP contribution in [0.1, 0.15) is 19.8 Å². The van der Waals surface area contributed by atoms with Crippen molar-refractivity contribution >= 4 is 0 Å². The van der Waals surface area contributed by atoms with Crippen molar-refractivity contribution in [1.82, 2.24) is 5.32 Å². The zero-order valence-corrected chi connectivity index (χ0v) is 6.80. The maximum absolute atomic E-state index is 9.56. The predicted molar refractivity (Wildman–Crippen MR) is 41.8 cm³/mol. The quantitative estimate of drug-likeness (QED) is 0.533. The van der Waals surface area contributed by atoms with Crippen LogP contribution >= 0.6 is 0 Å². The van der Waals surface area contributed by atoms with E-state index in [1.165, 1.54) is 0 Å². The molecule has 1 atom stereocenters. The highest BCUT2D eigenvalue weighted by Gasteiger charge is 2.32. The zero-order valence-electron chi connectivity index (χ0n) is 6.80. The molecule has 0 aromatic carbocycles. The molecule has 1 fully saturated rings. The molecular formula is C8H14N2O. The van der Waals surface area contributed by atoms with Crippen molar-refractivity contribution in [3.05, 3.63) is 0 Å². The maximum atomic E-state index is 9.56. The summed E-state index contributed by atoms with van der Waals surface area (Å²) in [5.74, 6) is 0.147. The Morgan fingerprint density at radius 2 is 2.09 bits per heavy atom. The standard InChI is InChI=1S/C8H14N2O/c1-8(11,6-9)7-2-4-10-5-3-7/h7,10-11H,2-5H2,1H3. The Balaban J connectivity index is 2.52. The molecule has 62 valence electrons. The van der Waals surface area contributed by atoms with E-state index >= 15 is 0 Å². The number of nitrogens with one attached hydrogen (secondary N) is 1. The second-order valence-corrected chi connectivity index (χ2v) is 3.28. The third-order valence-electron chi connectivity index (χ3n) is 2.36. The third-order valence-corrected chi connectivity index (χ3v) is 2.36. The molecule has 3 heteroatoms. The van der Waals surface area contributed by atoms with E-state index in [4.69, 9.17) is 5.26 Å². The molecule has 3 nitrogen and oxygen atoms in total. The van der Waals surface area contributed by atoms with Crippen molar-refractivity contribution in [2.75, 3.05) is 13.1 Å². The molecule has 0 spiro atoms. The normalized spacial score (nSPS) is 25.5. The number of piperidine rings is 1. The van der Waals surface area contributed by atoms with Gasteiger partial charge in [-0.05, 0) is 32.9 Å². The summed E-state index contributed by atoms with van der Waals surface area (Å²) in [4.78, 5) is 0. The Morgan fingerprint density at radius 1 is 1.55 bits per heavy atom. The number of rotatable bonds is 1. The van der Waals surface area contributed by atoms with Crippen molar-refractivity contribution in [2.24, 2.45) is 5.92 Å². The van der Waals surface area contributed by atoms with Crippen LogP contribution in [0.4, 0.5) is 0 Å². The molecule has 2 N–H and O–H groups in total. The minimum Gasteiger partial charge on any atom is -0.375 e. The van der Waals surface area contributed by atoms with Crippen LogP contribution in [0.25, 0.3) is 0 Å². The van der Waals surface area contributed by atoms with Crippen LogP contribution < -0.4 is 5.32 Å². The molecule has 0 aromatic rings. The molecule has 11 heavy (non-hydrogen) atoms. The number of aliphatic hydroxyl groups is 1. The average Bonchev–Trinajstić information content (AvgIpc) is 2.06. The fourth-order valence-corrected chi connectivity index (χ4v) is 1.48. The average molecular weight is 154 g/mol. The Bertz CT molecular complexity index is 165. The SMILES string of the molecule is CC(O)(C#N)C1CCNCC1. The van der Waals surface area contributed by atoms with Gasteiger partial charge in [-0.25, -0.2) is 0 Å². The van der Waals surface area contributed by atoms with E-state index in [0.717, 1.165) is 25.9 Å². The van der Waals surface area contributed by atoms with Gasteiger partial charge in [-0.3, -0.25) is 0 Å². The van der Waals surface area contributed by atoms with Gasteiger partial charge >= 0.3 is 0 Å².